The number of ether oxygens (including phenoxy) is 1. The molecule has 1 rings (SSSR count). The lowest BCUT2D eigenvalue weighted by Gasteiger charge is -2.16. The number of hydrogen-bond donors (Lipinski definition) is 0. The maximum atomic E-state index is 12.8. The summed E-state index contributed by atoms with van der Waals surface area (Å²) in [5.74, 6) is 0.917. The standard InChI is InChI=1S/C13H18BrF2NO/c1-8(2)4-9(3)7-18-13-11(12(15)16)5-10(14)6-17-13/h5-6,8-9,12H,4,7H2,1-3H3/t9-/m1/s1. The summed E-state index contributed by atoms with van der Waals surface area (Å²) in [7, 11) is 0. The molecule has 0 fully saturated rings. The van der Waals surface area contributed by atoms with Crippen LogP contribution < -0.4 is 4.74 Å². The average Bonchev–Trinajstić information content (AvgIpc) is 2.26. The van der Waals surface area contributed by atoms with Gasteiger partial charge < -0.3 is 4.74 Å². The lowest BCUT2D eigenvalue weighted by molar-refractivity contribution is 0.140. The third kappa shape index (κ3) is 4.88. The summed E-state index contributed by atoms with van der Waals surface area (Å²) in [4.78, 5) is 3.90. The molecule has 18 heavy (non-hydrogen) atoms. The molecule has 0 unspecified atom stereocenters. The van der Waals surface area contributed by atoms with Gasteiger partial charge in [0.25, 0.3) is 6.43 Å². The van der Waals surface area contributed by atoms with Gasteiger partial charge in [-0.3, -0.25) is 0 Å². The van der Waals surface area contributed by atoms with Gasteiger partial charge in [0.15, 0.2) is 0 Å². The highest BCUT2D eigenvalue weighted by molar-refractivity contribution is 9.10. The quantitative estimate of drug-likeness (QED) is 0.747. The molecule has 0 radical (unpaired) electrons. The molecule has 0 aliphatic carbocycles. The molecule has 5 heteroatoms. The molecule has 0 bridgehead atoms. The Morgan fingerprint density at radius 2 is 2.00 bits per heavy atom. The first-order valence-corrected chi connectivity index (χ1v) is 6.75. The van der Waals surface area contributed by atoms with Crippen molar-refractivity contribution in [3.8, 4) is 5.88 Å². The Labute approximate surface area is 115 Å². The van der Waals surface area contributed by atoms with Crippen LogP contribution in [-0.4, -0.2) is 11.6 Å². The average molecular weight is 322 g/mol. The van der Waals surface area contributed by atoms with Crippen LogP contribution in [0.25, 0.3) is 0 Å². The minimum atomic E-state index is -2.58. The number of halogens is 3. The predicted molar refractivity (Wildman–Crippen MR) is 71.0 cm³/mol. The van der Waals surface area contributed by atoms with Gasteiger partial charge in [-0.05, 0) is 40.3 Å². The molecule has 1 atom stereocenters. The van der Waals surface area contributed by atoms with E-state index in [9.17, 15) is 8.78 Å². The van der Waals surface area contributed by atoms with Gasteiger partial charge in [-0.2, -0.15) is 0 Å². The van der Waals surface area contributed by atoms with Crippen molar-refractivity contribution in [2.24, 2.45) is 11.8 Å². The first kappa shape index (κ1) is 15.3. The fraction of sp³-hybridized carbons (Fsp3) is 0.615. The number of rotatable bonds is 6. The third-order valence-electron chi connectivity index (χ3n) is 2.46. The van der Waals surface area contributed by atoms with E-state index in [1.807, 2.05) is 6.92 Å². The van der Waals surface area contributed by atoms with E-state index >= 15 is 0 Å². The molecule has 0 aliphatic heterocycles. The molecule has 0 saturated carbocycles. The van der Waals surface area contributed by atoms with Crippen molar-refractivity contribution in [3.05, 3.63) is 22.3 Å². The molecule has 1 aromatic heterocycles. The molecule has 1 heterocycles. The van der Waals surface area contributed by atoms with Crippen LogP contribution in [0.1, 0.15) is 39.2 Å². The van der Waals surface area contributed by atoms with Crippen LogP contribution in [-0.2, 0) is 0 Å². The Kier molecular flexibility index (Phi) is 5.99. The third-order valence-corrected chi connectivity index (χ3v) is 2.89. The highest BCUT2D eigenvalue weighted by atomic mass is 79.9. The van der Waals surface area contributed by atoms with Crippen LogP contribution in [0.15, 0.2) is 16.7 Å². The topological polar surface area (TPSA) is 22.1 Å². The molecule has 2 nitrogen and oxygen atoms in total. The molecule has 0 saturated heterocycles. The summed E-state index contributed by atoms with van der Waals surface area (Å²) >= 11 is 3.13. The van der Waals surface area contributed by atoms with Crippen LogP contribution in [0.2, 0.25) is 0 Å². The Morgan fingerprint density at radius 3 is 2.56 bits per heavy atom. The van der Waals surface area contributed by atoms with Crippen LogP contribution in [0.5, 0.6) is 5.88 Å². The Bertz CT molecular complexity index is 385. The highest BCUT2D eigenvalue weighted by Gasteiger charge is 2.17. The second kappa shape index (κ2) is 7.02. The zero-order valence-corrected chi connectivity index (χ0v) is 12.4. The van der Waals surface area contributed by atoms with E-state index in [1.165, 1.54) is 12.3 Å². The van der Waals surface area contributed by atoms with E-state index in [4.69, 9.17) is 4.74 Å². The molecule has 0 aromatic carbocycles. The van der Waals surface area contributed by atoms with Crippen molar-refractivity contribution in [2.75, 3.05) is 6.61 Å². The van der Waals surface area contributed by atoms with Crippen molar-refractivity contribution >= 4 is 15.9 Å². The van der Waals surface area contributed by atoms with E-state index in [1.54, 1.807) is 0 Å². The van der Waals surface area contributed by atoms with Crippen LogP contribution in [0, 0.1) is 11.8 Å². The van der Waals surface area contributed by atoms with Crippen molar-refractivity contribution in [2.45, 2.75) is 33.6 Å². The van der Waals surface area contributed by atoms with Crippen molar-refractivity contribution in [3.63, 3.8) is 0 Å². The van der Waals surface area contributed by atoms with Gasteiger partial charge in [0, 0.05) is 10.7 Å². The summed E-state index contributed by atoms with van der Waals surface area (Å²) in [5.41, 5.74) is -0.166. The van der Waals surface area contributed by atoms with Crippen molar-refractivity contribution in [1.82, 2.24) is 4.98 Å². The Hall–Kier alpha value is -0.710. The second-order valence-electron chi connectivity index (χ2n) is 4.89. The monoisotopic (exact) mass is 321 g/mol. The van der Waals surface area contributed by atoms with Gasteiger partial charge in [0.1, 0.15) is 0 Å². The second-order valence-corrected chi connectivity index (χ2v) is 5.81. The SMILES string of the molecule is CC(C)C[C@@H](C)COc1ncc(Br)cc1C(F)F. The molecule has 0 N–H and O–H groups in total. The zero-order chi connectivity index (χ0) is 13.7. The zero-order valence-electron chi connectivity index (χ0n) is 10.8. The Balaban J connectivity index is 2.67. The maximum Gasteiger partial charge on any atom is 0.269 e. The lowest BCUT2D eigenvalue weighted by Crippen LogP contribution is -2.12. The summed E-state index contributed by atoms with van der Waals surface area (Å²) in [5, 5.41) is 0. The minimum Gasteiger partial charge on any atom is -0.477 e. The Morgan fingerprint density at radius 1 is 1.33 bits per heavy atom. The summed E-state index contributed by atoms with van der Waals surface area (Å²) in [6.07, 6.45) is -0.111. The van der Waals surface area contributed by atoms with Crippen LogP contribution in [0.4, 0.5) is 8.78 Å². The van der Waals surface area contributed by atoms with Gasteiger partial charge in [-0.1, -0.05) is 20.8 Å². The summed E-state index contributed by atoms with van der Waals surface area (Å²) < 4.78 is 31.5. The maximum absolute atomic E-state index is 12.8. The number of pyridine rings is 1. The van der Waals surface area contributed by atoms with Gasteiger partial charge in [0.2, 0.25) is 5.88 Å². The molecule has 1 aromatic rings. The first-order chi connectivity index (χ1) is 8.40. The predicted octanol–water partition coefficient (Wildman–Crippen LogP) is 4.84. The summed E-state index contributed by atoms with van der Waals surface area (Å²) in [6.45, 7) is 6.70. The molecular formula is C13H18BrF2NO. The van der Waals surface area contributed by atoms with Gasteiger partial charge in [0.05, 0.1) is 12.2 Å². The largest absolute Gasteiger partial charge is 0.477 e. The number of nitrogens with zero attached hydrogens (tertiary/aromatic N) is 1. The molecular weight excluding hydrogens is 304 g/mol. The first-order valence-electron chi connectivity index (χ1n) is 5.96. The fourth-order valence-corrected chi connectivity index (χ4v) is 2.16. The minimum absolute atomic E-state index is 0.0313. The van der Waals surface area contributed by atoms with Crippen molar-refractivity contribution in [1.29, 1.82) is 0 Å². The molecule has 0 spiro atoms. The van der Waals surface area contributed by atoms with E-state index in [0.717, 1.165) is 6.42 Å². The van der Waals surface area contributed by atoms with Crippen molar-refractivity contribution < 1.29 is 13.5 Å². The van der Waals surface area contributed by atoms with E-state index in [2.05, 4.69) is 34.8 Å². The number of hydrogen-bond acceptors (Lipinski definition) is 2. The molecule has 0 aliphatic rings. The lowest BCUT2D eigenvalue weighted by atomic mass is 10.00. The van der Waals surface area contributed by atoms with Gasteiger partial charge in [-0.15, -0.1) is 0 Å². The van der Waals surface area contributed by atoms with Gasteiger partial charge >= 0.3 is 0 Å². The van der Waals surface area contributed by atoms with Crippen LogP contribution >= 0.6 is 15.9 Å². The normalized spacial score (nSPS) is 13.1. The summed E-state index contributed by atoms with van der Waals surface area (Å²) in [6, 6.07) is 1.35. The number of aromatic nitrogens is 1. The smallest absolute Gasteiger partial charge is 0.269 e. The fourth-order valence-electron chi connectivity index (χ4n) is 1.81. The molecule has 102 valence electrons. The van der Waals surface area contributed by atoms with Gasteiger partial charge in [-0.25, -0.2) is 13.8 Å². The van der Waals surface area contributed by atoms with E-state index in [0.29, 0.717) is 22.9 Å². The van der Waals surface area contributed by atoms with E-state index in [-0.39, 0.29) is 11.4 Å². The van der Waals surface area contributed by atoms with E-state index < -0.39 is 6.43 Å². The number of alkyl halides is 2. The van der Waals surface area contributed by atoms with Crippen LogP contribution in [0.3, 0.4) is 0 Å². The molecule has 0 amide bonds. The highest BCUT2D eigenvalue weighted by Crippen LogP contribution is 2.29.